The summed E-state index contributed by atoms with van der Waals surface area (Å²) in [6.45, 7) is 2.03. The third-order valence-corrected chi connectivity index (χ3v) is 3.54. The van der Waals surface area contributed by atoms with Crippen molar-refractivity contribution in [1.29, 1.82) is 0 Å². The Balaban J connectivity index is 1.71. The number of nitrogens with one attached hydrogen (secondary N) is 2. The van der Waals surface area contributed by atoms with Crippen LogP contribution < -0.4 is 10.6 Å². The van der Waals surface area contributed by atoms with E-state index >= 15 is 0 Å². The van der Waals surface area contributed by atoms with Gasteiger partial charge in [0.2, 0.25) is 5.95 Å². The summed E-state index contributed by atoms with van der Waals surface area (Å²) in [5.41, 5.74) is 2.48. The average Bonchev–Trinajstić information content (AvgIpc) is 3.21. The lowest BCUT2D eigenvalue weighted by molar-refractivity contribution is 1.01. The number of anilines is 2. The molecule has 2 atom stereocenters. The summed E-state index contributed by atoms with van der Waals surface area (Å²) in [6, 6.07) is 11.1. The minimum absolute atomic E-state index is 0.487. The van der Waals surface area contributed by atoms with Gasteiger partial charge in [-0.2, -0.15) is 4.98 Å². The summed E-state index contributed by atoms with van der Waals surface area (Å²) in [4.78, 5) is 8.67. The molecule has 19 heavy (non-hydrogen) atoms. The molecule has 2 unspecified atom stereocenters. The van der Waals surface area contributed by atoms with Crippen molar-refractivity contribution in [3.8, 4) is 0 Å². The van der Waals surface area contributed by atoms with Gasteiger partial charge in [-0.15, -0.1) is 0 Å². The summed E-state index contributed by atoms with van der Waals surface area (Å²) in [5.74, 6) is 2.20. The fourth-order valence-electron chi connectivity index (χ4n) is 2.31. The molecule has 4 nitrogen and oxygen atoms in total. The van der Waals surface area contributed by atoms with Gasteiger partial charge in [-0.05, 0) is 18.9 Å². The zero-order valence-electron chi connectivity index (χ0n) is 11.2. The lowest BCUT2D eigenvalue weighted by atomic mass is 10.1. The number of aryl methyl sites for hydroxylation is 1. The topological polar surface area (TPSA) is 49.8 Å². The fourth-order valence-corrected chi connectivity index (χ4v) is 2.31. The Morgan fingerprint density at radius 3 is 2.74 bits per heavy atom. The predicted molar refractivity (Wildman–Crippen MR) is 77.5 cm³/mol. The Labute approximate surface area is 113 Å². The quantitative estimate of drug-likeness (QED) is 0.881. The van der Waals surface area contributed by atoms with Crippen molar-refractivity contribution in [3.05, 3.63) is 47.7 Å². The second kappa shape index (κ2) is 4.88. The first-order chi connectivity index (χ1) is 9.28. The molecule has 98 valence electrons. The zero-order chi connectivity index (χ0) is 13.2. The third-order valence-electron chi connectivity index (χ3n) is 3.54. The monoisotopic (exact) mass is 254 g/mol. The van der Waals surface area contributed by atoms with Crippen LogP contribution >= 0.6 is 0 Å². The Hall–Kier alpha value is -2.10. The number of hydrogen-bond acceptors (Lipinski definition) is 4. The highest BCUT2D eigenvalue weighted by molar-refractivity contribution is 5.49. The summed E-state index contributed by atoms with van der Waals surface area (Å²) in [5, 5.41) is 6.49. The molecular weight excluding hydrogens is 236 g/mol. The van der Waals surface area contributed by atoms with Crippen LogP contribution in [0.3, 0.4) is 0 Å². The third kappa shape index (κ3) is 2.52. The summed E-state index contributed by atoms with van der Waals surface area (Å²) in [7, 11) is 1.83. The van der Waals surface area contributed by atoms with Crippen LogP contribution in [0.25, 0.3) is 0 Å². The standard InChI is InChI=1S/C15H18N4/c1-10-9-17-15(16-2)19-14(10)18-13-8-12(13)11-6-4-3-5-7-11/h3-7,9,12-13H,8H2,1-2H3,(H2,16,17,18,19). The SMILES string of the molecule is CNc1ncc(C)c(NC2CC2c2ccccc2)n1. The highest BCUT2D eigenvalue weighted by Crippen LogP contribution is 2.42. The highest BCUT2D eigenvalue weighted by Gasteiger charge is 2.38. The van der Waals surface area contributed by atoms with Crippen LogP contribution in [0, 0.1) is 6.92 Å². The molecule has 1 aromatic heterocycles. The van der Waals surface area contributed by atoms with Crippen LogP contribution in [-0.2, 0) is 0 Å². The van der Waals surface area contributed by atoms with E-state index in [0.29, 0.717) is 17.9 Å². The first-order valence-corrected chi connectivity index (χ1v) is 6.61. The molecule has 2 N–H and O–H groups in total. The Kier molecular flexibility index (Phi) is 3.07. The molecule has 4 heteroatoms. The maximum atomic E-state index is 4.47. The molecule has 1 fully saturated rings. The van der Waals surface area contributed by atoms with Gasteiger partial charge in [0.1, 0.15) is 5.82 Å². The largest absolute Gasteiger partial charge is 0.366 e. The maximum absolute atomic E-state index is 4.47. The van der Waals surface area contributed by atoms with Gasteiger partial charge in [0.15, 0.2) is 0 Å². The van der Waals surface area contributed by atoms with E-state index in [1.807, 2.05) is 20.2 Å². The maximum Gasteiger partial charge on any atom is 0.224 e. The molecule has 0 saturated heterocycles. The van der Waals surface area contributed by atoms with E-state index in [0.717, 1.165) is 11.4 Å². The molecule has 1 heterocycles. The van der Waals surface area contributed by atoms with E-state index in [1.165, 1.54) is 12.0 Å². The first kappa shape index (κ1) is 12.0. The number of benzene rings is 1. The molecule has 0 aliphatic heterocycles. The molecule has 1 aliphatic carbocycles. The van der Waals surface area contributed by atoms with Crippen LogP contribution in [-0.4, -0.2) is 23.1 Å². The summed E-state index contributed by atoms with van der Waals surface area (Å²) in [6.07, 6.45) is 3.02. The molecule has 1 aromatic carbocycles. The van der Waals surface area contributed by atoms with E-state index in [4.69, 9.17) is 0 Å². The lowest BCUT2D eigenvalue weighted by Crippen LogP contribution is -2.09. The Morgan fingerprint density at radius 1 is 1.21 bits per heavy atom. The second-order valence-corrected chi connectivity index (χ2v) is 4.98. The van der Waals surface area contributed by atoms with Gasteiger partial charge in [0.05, 0.1) is 0 Å². The Bertz CT molecular complexity index is 568. The van der Waals surface area contributed by atoms with Crippen LogP contribution in [0.1, 0.15) is 23.5 Å². The van der Waals surface area contributed by atoms with Crippen molar-refractivity contribution in [1.82, 2.24) is 9.97 Å². The number of rotatable bonds is 4. The second-order valence-electron chi connectivity index (χ2n) is 4.98. The van der Waals surface area contributed by atoms with Crippen molar-refractivity contribution < 1.29 is 0 Å². The number of hydrogen-bond donors (Lipinski definition) is 2. The van der Waals surface area contributed by atoms with Gasteiger partial charge in [-0.1, -0.05) is 30.3 Å². The zero-order valence-corrected chi connectivity index (χ0v) is 11.2. The van der Waals surface area contributed by atoms with Crippen LogP contribution in [0.5, 0.6) is 0 Å². The molecule has 0 amide bonds. The fraction of sp³-hybridized carbons (Fsp3) is 0.333. The molecule has 1 aliphatic rings. The van der Waals surface area contributed by atoms with Gasteiger partial charge in [-0.3, -0.25) is 0 Å². The van der Waals surface area contributed by atoms with E-state index in [2.05, 4.69) is 50.9 Å². The minimum Gasteiger partial charge on any atom is -0.366 e. The van der Waals surface area contributed by atoms with Crippen LogP contribution in [0.4, 0.5) is 11.8 Å². The van der Waals surface area contributed by atoms with E-state index < -0.39 is 0 Å². The number of nitrogens with zero attached hydrogens (tertiary/aromatic N) is 2. The lowest BCUT2D eigenvalue weighted by Gasteiger charge is -2.09. The van der Waals surface area contributed by atoms with Gasteiger partial charge in [-0.25, -0.2) is 4.98 Å². The van der Waals surface area contributed by atoms with E-state index in [9.17, 15) is 0 Å². The summed E-state index contributed by atoms with van der Waals surface area (Å²) >= 11 is 0. The minimum atomic E-state index is 0.487. The first-order valence-electron chi connectivity index (χ1n) is 6.61. The number of aromatic nitrogens is 2. The van der Waals surface area contributed by atoms with E-state index in [1.54, 1.807) is 0 Å². The molecular formula is C15H18N4. The van der Waals surface area contributed by atoms with Crippen molar-refractivity contribution >= 4 is 11.8 Å². The molecule has 1 saturated carbocycles. The molecule has 0 radical (unpaired) electrons. The Morgan fingerprint density at radius 2 is 2.00 bits per heavy atom. The van der Waals surface area contributed by atoms with Crippen molar-refractivity contribution in [3.63, 3.8) is 0 Å². The predicted octanol–water partition coefficient (Wildman–Crippen LogP) is 2.79. The molecule has 2 aromatic rings. The van der Waals surface area contributed by atoms with E-state index in [-0.39, 0.29) is 0 Å². The van der Waals surface area contributed by atoms with Crippen LogP contribution in [0.15, 0.2) is 36.5 Å². The summed E-state index contributed by atoms with van der Waals surface area (Å²) < 4.78 is 0. The normalized spacial score (nSPS) is 20.9. The van der Waals surface area contributed by atoms with Crippen molar-refractivity contribution in [2.45, 2.75) is 25.3 Å². The van der Waals surface area contributed by atoms with Gasteiger partial charge in [0.25, 0.3) is 0 Å². The molecule has 3 rings (SSSR count). The molecule has 0 bridgehead atoms. The highest BCUT2D eigenvalue weighted by atomic mass is 15.1. The molecule has 0 spiro atoms. The van der Waals surface area contributed by atoms with Gasteiger partial charge >= 0.3 is 0 Å². The smallest absolute Gasteiger partial charge is 0.224 e. The van der Waals surface area contributed by atoms with Crippen molar-refractivity contribution in [2.75, 3.05) is 17.7 Å². The van der Waals surface area contributed by atoms with Crippen molar-refractivity contribution in [2.24, 2.45) is 0 Å². The van der Waals surface area contributed by atoms with Gasteiger partial charge in [0, 0.05) is 30.8 Å². The van der Waals surface area contributed by atoms with Crippen LogP contribution in [0.2, 0.25) is 0 Å². The average molecular weight is 254 g/mol. The van der Waals surface area contributed by atoms with Gasteiger partial charge < -0.3 is 10.6 Å².